The molecule has 3 nitrogen and oxygen atoms in total. The van der Waals surface area contributed by atoms with Gasteiger partial charge >= 0.3 is 0 Å². The maximum Gasteiger partial charge on any atom is 0.0617 e. The topological polar surface area (TPSA) is 14.8 Å². The predicted molar refractivity (Wildman–Crippen MR) is 307 cm³/mol. The minimum atomic E-state index is 0.703. The van der Waals surface area contributed by atoms with E-state index in [0.29, 0.717) is 19.6 Å². The smallest absolute Gasteiger partial charge is 0.0617 e. The van der Waals surface area contributed by atoms with Crippen molar-refractivity contribution in [1.29, 1.82) is 0 Å². The van der Waals surface area contributed by atoms with Crippen molar-refractivity contribution in [3.05, 3.63) is 253 Å². The quantitative estimate of drug-likeness (QED) is 0.148. The van der Waals surface area contributed by atoms with Gasteiger partial charge in [0.2, 0.25) is 0 Å². The highest BCUT2D eigenvalue weighted by Crippen LogP contribution is 2.50. The molecule has 0 bridgehead atoms. The molecule has 0 aliphatic rings. The Morgan fingerprint density at radius 1 is 0.208 bits per heavy atom. The monoisotopic (exact) mass is 915 g/mol. The zero-order chi connectivity index (χ0) is 47.0. The minimum absolute atomic E-state index is 0.703. The lowest BCUT2D eigenvalue weighted by Crippen LogP contribution is -2.04. The van der Waals surface area contributed by atoms with Gasteiger partial charge in [0.1, 0.15) is 0 Å². The molecule has 336 valence electrons. The summed E-state index contributed by atoms with van der Waals surface area (Å²) in [4.78, 5) is 0. The van der Waals surface area contributed by atoms with E-state index in [9.17, 15) is 0 Å². The van der Waals surface area contributed by atoms with Gasteiger partial charge in [0.05, 0.1) is 16.6 Å². The van der Waals surface area contributed by atoms with Crippen molar-refractivity contribution in [2.45, 2.75) is 19.6 Å². The Bertz CT molecular complexity index is 4270. The molecule has 0 atom stereocenters. The average molecular weight is 916 g/mol. The summed E-state index contributed by atoms with van der Waals surface area (Å²) in [5.41, 5.74) is 11.6. The summed E-state index contributed by atoms with van der Waals surface area (Å²) in [6, 6.07) is 88.7. The number of rotatable bonds is 6. The first-order valence-electron chi connectivity index (χ1n) is 25.3. The Morgan fingerprint density at radius 3 is 0.639 bits per heavy atom. The summed E-state index contributed by atoms with van der Waals surface area (Å²) in [5.74, 6) is 0. The van der Waals surface area contributed by atoms with Crippen molar-refractivity contribution in [2.24, 2.45) is 0 Å². The van der Waals surface area contributed by atoms with E-state index in [0.717, 1.165) is 0 Å². The molecule has 13 aromatic carbocycles. The Labute approximate surface area is 414 Å². The van der Waals surface area contributed by atoms with Crippen LogP contribution in [0, 0.1) is 0 Å². The fourth-order valence-electron chi connectivity index (χ4n) is 13.2. The van der Waals surface area contributed by atoms with Crippen molar-refractivity contribution in [3.8, 4) is 0 Å². The van der Waals surface area contributed by atoms with Crippen molar-refractivity contribution >= 4 is 130 Å². The fraction of sp³-hybridized carbons (Fsp3) is 0.0435. The summed E-state index contributed by atoms with van der Waals surface area (Å²) in [5, 5.41) is 23.1. The molecule has 0 saturated heterocycles. The molecule has 0 aliphatic carbocycles. The highest BCUT2D eigenvalue weighted by Gasteiger charge is 2.29. The minimum Gasteiger partial charge on any atom is -0.335 e. The van der Waals surface area contributed by atoms with E-state index in [1.807, 2.05) is 0 Å². The lowest BCUT2D eigenvalue weighted by atomic mass is 9.96. The largest absolute Gasteiger partial charge is 0.335 e. The molecule has 0 unspecified atom stereocenters. The van der Waals surface area contributed by atoms with Crippen molar-refractivity contribution in [1.82, 2.24) is 13.7 Å². The van der Waals surface area contributed by atoms with Crippen LogP contribution in [-0.2, 0) is 19.6 Å². The Morgan fingerprint density at radius 2 is 0.403 bits per heavy atom. The van der Waals surface area contributed by atoms with Gasteiger partial charge in [-0.25, -0.2) is 0 Å². The second-order valence-electron chi connectivity index (χ2n) is 19.9. The summed E-state index contributed by atoms with van der Waals surface area (Å²) in [6.45, 7) is 2.11. The van der Waals surface area contributed by atoms with Crippen LogP contribution in [0.1, 0.15) is 16.7 Å². The van der Waals surface area contributed by atoms with E-state index in [1.54, 1.807) is 0 Å². The Balaban J connectivity index is 1.12. The summed E-state index contributed by atoms with van der Waals surface area (Å²) >= 11 is 0. The number of para-hydroxylation sites is 3. The van der Waals surface area contributed by atoms with E-state index in [2.05, 4.69) is 250 Å². The predicted octanol–water partition coefficient (Wildman–Crippen LogP) is 18.1. The van der Waals surface area contributed by atoms with Crippen LogP contribution in [0.4, 0.5) is 0 Å². The molecule has 3 heteroatoms. The Kier molecular flexibility index (Phi) is 8.35. The van der Waals surface area contributed by atoms with Crippen molar-refractivity contribution < 1.29 is 0 Å². The van der Waals surface area contributed by atoms with Crippen LogP contribution < -0.4 is 0 Å². The first-order chi connectivity index (χ1) is 35.7. The number of hydrogen-bond acceptors (Lipinski definition) is 0. The normalized spacial score (nSPS) is 12.3. The van der Waals surface area contributed by atoms with Crippen LogP contribution in [0.5, 0.6) is 0 Å². The fourth-order valence-corrected chi connectivity index (χ4v) is 13.2. The summed E-state index contributed by atoms with van der Waals surface area (Å²) < 4.78 is 8.08. The van der Waals surface area contributed by atoms with Crippen LogP contribution in [-0.4, -0.2) is 13.7 Å². The molecule has 0 N–H and O–H groups in total. The highest BCUT2D eigenvalue weighted by molar-refractivity contribution is 6.39. The standard InChI is InChI=1S/C69H45N3/c1-7-25-49-43(19-1)37-44-20-2-8-26-50(44)58(49)40-70-61-34-16-13-31-55(61)64-67(70)65-56-32-14-17-35-62(56)71(41-59-51-27-9-3-21-45(51)38-46-22-4-10-28-52(46)59)69(65)66-57-33-15-18-36-63(57)72(68(64)66)42-60-53-29-11-5-23-47(53)39-48-24-6-12-30-54(48)60/h1-39H,40-42H2. The molecule has 3 heterocycles. The molecule has 16 aromatic rings. The van der Waals surface area contributed by atoms with E-state index >= 15 is 0 Å². The Hall–Kier alpha value is -9.18. The number of hydrogen-bond donors (Lipinski definition) is 0. The van der Waals surface area contributed by atoms with Gasteiger partial charge in [-0.1, -0.05) is 200 Å². The highest BCUT2D eigenvalue weighted by atomic mass is 15.0. The number of nitrogens with zero attached hydrogens (tertiary/aromatic N) is 3. The molecular weight excluding hydrogens is 871 g/mol. The molecular formula is C69H45N3. The maximum atomic E-state index is 2.69. The van der Waals surface area contributed by atoms with Crippen LogP contribution in [0.15, 0.2) is 237 Å². The molecule has 16 rings (SSSR count). The molecule has 3 aromatic heterocycles. The summed E-state index contributed by atoms with van der Waals surface area (Å²) in [7, 11) is 0. The van der Waals surface area contributed by atoms with E-state index in [4.69, 9.17) is 0 Å². The lowest BCUT2D eigenvalue weighted by molar-refractivity contribution is 0.875. The van der Waals surface area contributed by atoms with Crippen molar-refractivity contribution in [3.63, 3.8) is 0 Å². The SMILES string of the molecule is c1ccc2c(Cn3c4ccccc4c4c3c3c5ccccc5n(Cc5c6ccccc6cc6ccccc56)c3c3c5ccccc5n(Cc5c6ccccc6cc6ccccc56)c43)c3ccccc3cc2c1. The van der Waals surface area contributed by atoms with Crippen LogP contribution >= 0.6 is 0 Å². The number of benzene rings is 13. The van der Waals surface area contributed by atoms with Gasteiger partial charge in [0.25, 0.3) is 0 Å². The van der Waals surface area contributed by atoms with Gasteiger partial charge < -0.3 is 13.7 Å². The molecule has 72 heavy (non-hydrogen) atoms. The first kappa shape index (κ1) is 39.6. The molecule has 0 spiro atoms. The molecule has 0 saturated carbocycles. The molecule has 0 fully saturated rings. The second kappa shape index (κ2) is 15.2. The van der Waals surface area contributed by atoms with Crippen LogP contribution in [0.3, 0.4) is 0 Å². The van der Waals surface area contributed by atoms with Gasteiger partial charge in [-0.2, -0.15) is 0 Å². The van der Waals surface area contributed by atoms with E-state index < -0.39 is 0 Å². The zero-order valence-electron chi connectivity index (χ0n) is 39.5. The first-order valence-corrected chi connectivity index (χ1v) is 25.3. The number of aromatic nitrogens is 3. The summed E-state index contributed by atoms with van der Waals surface area (Å²) in [6.07, 6.45) is 0. The zero-order valence-corrected chi connectivity index (χ0v) is 39.5. The van der Waals surface area contributed by atoms with Crippen LogP contribution in [0.25, 0.3) is 130 Å². The van der Waals surface area contributed by atoms with E-state index in [-0.39, 0.29) is 0 Å². The maximum absolute atomic E-state index is 2.69. The third kappa shape index (κ3) is 5.56. The molecule has 0 radical (unpaired) electrons. The van der Waals surface area contributed by atoms with Gasteiger partial charge in [-0.15, -0.1) is 0 Å². The molecule has 0 amide bonds. The van der Waals surface area contributed by atoms with Gasteiger partial charge in [0, 0.05) is 68.5 Å². The third-order valence-electron chi connectivity index (χ3n) is 16.2. The van der Waals surface area contributed by atoms with E-state index in [1.165, 1.54) is 147 Å². The number of fused-ring (bicyclic) bond motifs is 18. The van der Waals surface area contributed by atoms with Crippen LogP contribution in [0.2, 0.25) is 0 Å². The lowest BCUT2D eigenvalue weighted by Gasteiger charge is -2.17. The second-order valence-corrected chi connectivity index (χ2v) is 19.9. The van der Waals surface area contributed by atoms with Gasteiger partial charge in [-0.3, -0.25) is 0 Å². The average Bonchev–Trinajstić information content (AvgIpc) is 4.05. The van der Waals surface area contributed by atoms with Gasteiger partial charge in [-0.05, 0) is 118 Å². The third-order valence-corrected chi connectivity index (χ3v) is 16.2. The van der Waals surface area contributed by atoms with Crippen molar-refractivity contribution in [2.75, 3.05) is 0 Å². The van der Waals surface area contributed by atoms with Gasteiger partial charge in [0.15, 0.2) is 0 Å². The molecule has 0 aliphatic heterocycles.